The van der Waals surface area contributed by atoms with E-state index < -0.39 is 0 Å². The second kappa shape index (κ2) is 7.13. The molecule has 0 spiro atoms. The predicted molar refractivity (Wildman–Crippen MR) is 108 cm³/mol. The first-order valence-corrected chi connectivity index (χ1v) is 8.76. The maximum absolute atomic E-state index is 12.2. The highest BCUT2D eigenvalue weighted by Crippen LogP contribution is 2.26. The summed E-state index contributed by atoms with van der Waals surface area (Å²) in [7, 11) is 0. The number of carbonyl (C=O) groups is 1. The number of rotatable bonds is 3. The van der Waals surface area contributed by atoms with Gasteiger partial charge in [-0.2, -0.15) is 0 Å². The molecule has 134 valence electrons. The monoisotopic (exact) mass is 377 g/mol. The number of hydrogen-bond acceptors (Lipinski definition) is 3. The van der Waals surface area contributed by atoms with Gasteiger partial charge in [-0.1, -0.05) is 23.7 Å². The average molecular weight is 378 g/mol. The standard InChI is InChI=1S/C21H16ClN3O2/c1-13-5-10-19-18(11-13)25-20(27-19)14-3-2-4-17(12-14)24-21(26)23-16-8-6-15(22)7-9-16/h2-12H,1H3,(H2,23,24,26). The van der Waals surface area contributed by atoms with Crippen LogP contribution in [0.1, 0.15) is 5.56 Å². The van der Waals surface area contributed by atoms with Gasteiger partial charge in [-0.3, -0.25) is 0 Å². The molecule has 4 rings (SSSR count). The molecule has 0 aliphatic carbocycles. The van der Waals surface area contributed by atoms with Crippen LogP contribution in [0.3, 0.4) is 0 Å². The first kappa shape index (κ1) is 17.1. The SMILES string of the molecule is Cc1ccc2oc(-c3cccc(NC(=O)Nc4ccc(Cl)cc4)c3)nc2c1. The van der Waals surface area contributed by atoms with Gasteiger partial charge in [0.1, 0.15) is 5.52 Å². The van der Waals surface area contributed by atoms with E-state index in [4.69, 9.17) is 16.0 Å². The molecule has 2 N–H and O–H groups in total. The molecule has 0 radical (unpaired) electrons. The van der Waals surface area contributed by atoms with Crippen molar-refractivity contribution in [2.24, 2.45) is 0 Å². The molecule has 0 saturated heterocycles. The minimum atomic E-state index is -0.345. The lowest BCUT2D eigenvalue weighted by molar-refractivity contribution is 0.262. The maximum atomic E-state index is 12.2. The smallest absolute Gasteiger partial charge is 0.323 e. The lowest BCUT2D eigenvalue weighted by Gasteiger charge is -2.08. The number of carbonyl (C=O) groups excluding carboxylic acids is 1. The molecule has 3 aromatic carbocycles. The molecule has 6 heteroatoms. The molecule has 1 aromatic heterocycles. The van der Waals surface area contributed by atoms with Crippen LogP contribution in [0, 0.1) is 6.92 Å². The van der Waals surface area contributed by atoms with Gasteiger partial charge in [0.05, 0.1) is 0 Å². The van der Waals surface area contributed by atoms with Gasteiger partial charge in [0.15, 0.2) is 5.58 Å². The summed E-state index contributed by atoms with van der Waals surface area (Å²) >= 11 is 5.85. The number of aryl methyl sites for hydroxylation is 1. The highest BCUT2D eigenvalue weighted by Gasteiger charge is 2.10. The van der Waals surface area contributed by atoms with Crippen molar-refractivity contribution in [1.29, 1.82) is 0 Å². The molecule has 27 heavy (non-hydrogen) atoms. The number of benzene rings is 3. The van der Waals surface area contributed by atoms with Crippen molar-refractivity contribution in [3.63, 3.8) is 0 Å². The van der Waals surface area contributed by atoms with Crippen LogP contribution in [0.5, 0.6) is 0 Å². The van der Waals surface area contributed by atoms with E-state index in [-0.39, 0.29) is 6.03 Å². The van der Waals surface area contributed by atoms with Crippen molar-refractivity contribution in [2.45, 2.75) is 6.92 Å². The van der Waals surface area contributed by atoms with E-state index in [1.54, 1.807) is 30.3 Å². The lowest BCUT2D eigenvalue weighted by Crippen LogP contribution is -2.19. The Hall–Kier alpha value is -3.31. The third kappa shape index (κ3) is 3.93. The van der Waals surface area contributed by atoms with Crippen LogP contribution in [0.25, 0.3) is 22.6 Å². The fourth-order valence-electron chi connectivity index (χ4n) is 2.72. The van der Waals surface area contributed by atoms with E-state index in [0.29, 0.717) is 22.3 Å². The second-order valence-corrected chi connectivity index (χ2v) is 6.59. The minimum Gasteiger partial charge on any atom is -0.436 e. The van der Waals surface area contributed by atoms with Gasteiger partial charge in [-0.15, -0.1) is 0 Å². The van der Waals surface area contributed by atoms with Gasteiger partial charge in [-0.25, -0.2) is 9.78 Å². The van der Waals surface area contributed by atoms with Crippen LogP contribution in [-0.2, 0) is 0 Å². The number of fused-ring (bicyclic) bond motifs is 1. The van der Waals surface area contributed by atoms with Gasteiger partial charge >= 0.3 is 6.03 Å². The zero-order valence-corrected chi connectivity index (χ0v) is 15.2. The number of nitrogens with zero attached hydrogens (tertiary/aromatic N) is 1. The number of anilines is 2. The summed E-state index contributed by atoms with van der Waals surface area (Å²) in [6.45, 7) is 2.01. The van der Waals surface area contributed by atoms with Crippen LogP contribution in [0.15, 0.2) is 71.1 Å². The summed E-state index contributed by atoms with van der Waals surface area (Å²) in [5.74, 6) is 0.511. The highest BCUT2D eigenvalue weighted by molar-refractivity contribution is 6.30. The normalized spacial score (nSPS) is 10.7. The van der Waals surface area contributed by atoms with Crippen molar-refractivity contribution in [3.8, 4) is 11.5 Å². The molecule has 0 bridgehead atoms. The van der Waals surface area contributed by atoms with Gasteiger partial charge in [0, 0.05) is 22.0 Å². The molecule has 4 aromatic rings. The largest absolute Gasteiger partial charge is 0.436 e. The summed E-state index contributed by atoms with van der Waals surface area (Å²) in [5, 5.41) is 6.18. The average Bonchev–Trinajstić information content (AvgIpc) is 3.07. The fraction of sp³-hybridized carbons (Fsp3) is 0.0476. The number of oxazole rings is 1. The maximum Gasteiger partial charge on any atom is 0.323 e. The van der Waals surface area contributed by atoms with Gasteiger partial charge in [-0.05, 0) is 67.1 Å². The molecule has 5 nitrogen and oxygen atoms in total. The van der Waals surface area contributed by atoms with Crippen LogP contribution in [0.2, 0.25) is 5.02 Å². The predicted octanol–water partition coefficient (Wildman–Crippen LogP) is 6.10. The number of urea groups is 1. The Morgan fingerprint density at radius 3 is 2.56 bits per heavy atom. The van der Waals surface area contributed by atoms with E-state index >= 15 is 0 Å². The Morgan fingerprint density at radius 2 is 1.74 bits per heavy atom. The molecule has 0 aliphatic rings. The van der Waals surface area contributed by atoms with E-state index in [2.05, 4.69) is 15.6 Å². The Kier molecular flexibility index (Phi) is 4.52. The summed E-state index contributed by atoms with van der Waals surface area (Å²) in [5.41, 5.74) is 4.74. The molecular formula is C21H16ClN3O2. The van der Waals surface area contributed by atoms with Gasteiger partial charge in [0.2, 0.25) is 5.89 Å². The van der Waals surface area contributed by atoms with Gasteiger partial charge < -0.3 is 15.1 Å². The van der Waals surface area contributed by atoms with Crippen molar-refractivity contribution in [3.05, 3.63) is 77.3 Å². The topological polar surface area (TPSA) is 67.2 Å². The Labute approximate surface area is 161 Å². The van der Waals surface area contributed by atoms with Crippen molar-refractivity contribution >= 4 is 40.1 Å². The quantitative estimate of drug-likeness (QED) is 0.453. The fourth-order valence-corrected chi connectivity index (χ4v) is 2.84. The van der Waals surface area contributed by atoms with E-state index in [9.17, 15) is 4.79 Å². The van der Waals surface area contributed by atoms with E-state index in [1.807, 2.05) is 43.3 Å². The van der Waals surface area contributed by atoms with Crippen molar-refractivity contribution in [2.75, 3.05) is 10.6 Å². The molecule has 0 saturated carbocycles. The first-order valence-electron chi connectivity index (χ1n) is 8.38. The lowest BCUT2D eigenvalue weighted by atomic mass is 10.2. The third-order valence-corrected chi connectivity index (χ3v) is 4.26. The summed E-state index contributed by atoms with van der Waals surface area (Å²) < 4.78 is 5.82. The number of aromatic nitrogens is 1. The van der Waals surface area contributed by atoms with Crippen molar-refractivity contribution < 1.29 is 9.21 Å². The van der Waals surface area contributed by atoms with Gasteiger partial charge in [0.25, 0.3) is 0 Å². The summed E-state index contributed by atoms with van der Waals surface area (Å²) in [6.07, 6.45) is 0. The molecule has 1 heterocycles. The Balaban J connectivity index is 1.52. The van der Waals surface area contributed by atoms with Crippen LogP contribution in [0.4, 0.5) is 16.2 Å². The zero-order valence-electron chi connectivity index (χ0n) is 14.5. The molecule has 0 fully saturated rings. The molecule has 2 amide bonds. The molecule has 0 aliphatic heterocycles. The second-order valence-electron chi connectivity index (χ2n) is 6.16. The van der Waals surface area contributed by atoms with Crippen LogP contribution >= 0.6 is 11.6 Å². The van der Waals surface area contributed by atoms with Crippen LogP contribution in [-0.4, -0.2) is 11.0 Å². The Bertz CT molecular complexity index is 1120. The van der Waals surface area contributed by atoms with Crippen molar-refractivity contribution in [1.82, 2.24) is 4.98 Å². The number of hydrogen-bond donors (Lipinski definition) is 2. The molecule has 0 unspecified atom stereocenters. The highest BCUT2D eigenvalue weighted by atomic mass is 35.5. The number of nitrogens with one attached hydrogen (secondary N) is 2. The zero-order chi connectivity index (χ0) is 18.8. The Morgan fingerprint density at radius 1 is 0.963 bits per heavy atom. The van der Waals surface area contributed by atoms with Crippen LogP contribution < -0.4 is 10.6 Å². The molecular weight excluding hydrogens is 362 g/mol. The van der Waals surface area contributed by atoms with E-state index in [1.165, 1.54) is 0 Å². The number of amides is 2. The third-order valence-electron chi connectivity index (χ3n) is 4.01. The minimum absolute atomic E-state index is 0.345. The molecule has 0 atom stereocenters. The summed E-state index contributed by atoms with van der Waals surface area (Å²) in [4.78, 5) is 16.7. The first-order chi connectivity index (χ1) is 13.1. The number of halogens is 1. The van der Waals surface area contributed by atoms with E-state index in [0.717, 1.165) is 22.2 Å². The summed E-state index contributed by atoms with van der Waals surface area (Å²) in [6, 6.07) is 19.8.